The van der Waals surface area contributed by atoms with Crippen molar-refractivity contribution in [2.45, 2.75) is 101 Å². The van der Waals surface area contributed by atoms with Crippen LogP contribution < -0.4 is 5.73 Å². The molecule has 4 atom stereocenters. The highest BCUT2D eigenvalue weighted by molar-refractivity contribution is 4.92. The normalized spacial score (nSPS) is 45.5. The van der Waals surface area contributed by atoms with E-state index < -0.39 is 36.6 Å². The Kier molecular flexibility index (Phi) is 6.50. The standard InChI is InChI=1S/C19H31F4NO2/c20-17-15(9-10-16(25)18(17)21)19(22,23)26-14-7-3-12(4-8-14)11-1-5-13(24)6-2-11/h11-18,25H,1-10,24H2. The van der Waals surface area contributed by atoms with Gasteiger partial charge in [0.2, 0.25) is 0 Å². The van der Waals surface area contributed by atoms with Crippen molar-refractivity contribution in [1.82, 2.24) is 0 Å². The second-order valence-electron chi connectivity index (χ2n) is 8.53. The van der Waals surface area contributed by atoms with Crippen molar-refractivity contribution in [3.8, 4) is 0 Å². The first-order valence-electron chi connectivity index (χ1n) is 10.1. The van der Waals surface area contributed by atoms with Gasteiger partial charge in [-0.05, 0) is 76.0 Å². The van der Waals surface area contributed by atoms with Gasteiger partial charge in [-0.15, -0.1) is 0 Å². The fourth-order valence-electron chi connectivity index (χ4n) is 5.06. The third-order valence-electron chi connectivity index (χ3n) is 6.79. The molecular formula is C19H31F4NO2. The Morgan fingerprint density at radius 1 is 0.769 bits per heavy atom. The SMILES string of the molecule is NC1CCC(C2CCC(OC(F)(F)C3CCC(O)C(F)C3F)CC2)CC1. The van der Waals surface area contributed by atoms with Crippen LogP contribution in [0.3, 0.4) is 0 Å². The number of nitrogens with two attached hydrogens (primary N) is 1. The zero-order valence-electron chi connectivity index (χ0n) is 15.1. The van der Waals surface area contributed by atoms with Gasteiger partial charge in [0, 0.05) is 6.04 Å². The molecule has 3 rings (SSSR count). The van der Waals surface area contributed by atoms with E-state index in [0.717, 1.165) is 38.5 Å². The van der Waals surface area contributed by atoms with Crippen LogP contribution in [0, 0.1) is 17.8 Å². The Labute approximate surface area is 152 Å². The predicted octanol–water partition coefficient (Wildman–Crippen LogP) is 4.12. The number of ether oxygens (including phenoxy) is 1. The molecule has 3 nitrogen and oxygen atoms in total. The molecule has 26 heavy (non-hydrogen) atoms. The Balaban J connectivity index is 1.49. The highest BCUT2D eigenvalue weighted by atomic mass is 19.3. The first-order chi connectivity index (χ1) is 12.3. The van der Waals surface area contributed by atoms with Gasteiger partial charge in [-0.1, -0.05) is 0 Å². The minimum Gasteiger partial charge on any atom is -0.390 e. The summed E-state index contributed by atoms with van der Waals surface area (Å²) in [5, 5.41) is 9.31. The van der Waals surface area contributed by atoms with Crippen molar-refractivity contribution < 1.29 is 27.4 Å². The molecule has 4 unspecified atom stereocenters. The van der Waals surface area contributed by atoms with Gasteiger partial charge in [0.05, 0.1) is 18.1 Å². The van der Waals surface area contributed by atoms with E-state index in [0.29, 0.717) is 30.7 Å². The Morgan fingerprint density at radius 3 is 1.88 bits per heavy atom. The van der Waals surface area contributed by atoms with Crippen molar-refractivity contribution in [3.63, 3.8) is 0 Å². The highest BCUT2D eigenvalue weighted by Gasteiger charge is 2.53. The Morgan fingerprint density at radius 2 is 1.31 bits per heavy atom. The molecule has 0 aromatic heterocycles. The van der Waals surface area contributed by atoms with Crippen molar-refractivity contribution in [2.24, 2.45) is 23.5 Å². The van der Waals surface area contributed by atoms with E-state index in [4.69, 9.17) is 10.5 Å². The van der Waals surface area contributed by atoms with Crippen molar-refractivity contribution in [1.29, 1.82) is 0 Å². The van der Waals surface area contributed by atoms with Gasteiger partial charge in [-0.3, -0.25) is 0 Å². The number of hydrogen-bond acceptors (Lipinski definition) is 3. The summed E-state index contributed by atoms with van der Waals surface area (Å²) in [5.41, 5.74) is 5.94. The summed E-state index contributed by atoms with van der Waals surface area (Å²) < 4.78 is 61.4. The molecule has 0 amide bonds. The lowest BCUT2D eigenvalue weighted by Crippen LogP contribution is -2.50. The first-order valence-corrected chi connectivity index (χ1v) is 10.1. The predicted molar refractivity (Wildman–Crippen MR) is 90.2 cm³/mol. The lowest BCUT2D eigenvalue weighted by atomic mass is 9.72. The summed E-state index contributed by atoms with van der Waals surface area (Å²) in [6.07, 6.45) is -3.85. The van der Waals surface area contributed by atoms with Crippen LogP contribution in [-0.2, 0) is 4.74 Å². The number of aliphatic hydroxyl groups excluding tert-OH is 1. The van der Waals surface area contributed by atoms with Gasteiger partial charge in [-0.2, -0.15) is 8.78 Å². The Bertz CT molecular complexity index is 451. The summed E-state index contributed by atoms with van der Waals surface area (Å²) >= 11 is 0. The van der Waals surface area contributed by atoms with Gasteiger partial charge in [0.1, 0.15) is 6.17 Å². The monoisotopic (exact) mass is 381 g/mol. The molecule has 0 radical (unpaired) electrons. The number of hydrogen-bond donors (Lipinski definition) is 2. The summed E-state index contributed by atoms with van der Waals surface area (Å²) in [6, 6.07) is 0.298. The smallest absolute Gasteiger partial charge is 0.361 e. The highest BCUT2D eigenvalue weighted by Crippen LogP contribution is 2.44. The van der Waals surface area contributed by atoms with E-state index in [-0.39, 0.29) is 12.8 Å². The van der Waals surface area contributed by atoms with E-state index >= 15 is 0 Å². The van der Waals surface area contributed by atoms with Crippen LogP contribution >= 0.6 is 0 Å². The van der Waals surface area contributed by atoms with Crippen LogP contribution in [-0.4, -0.2) is 41.8 Å². The average Bonchev–Trinajstić information content (AvgIpc) is 2.60. The molecule has 3 N–H and O–H groups in total. The van der Waals surface area contributed by atoms with E-state index in [9.17, 15) is 22.7 Å². The van der Waals surface area contributed by atoms with Crippen LogP contribution in [0.1, 0.15) is 64.2 Å². The van der Waals surface area contributed by atoms with Crippen LogP contribution in [0.5, 0.6) is 0 Å². The largest absolute Gasteiger partial charge is 0.390 e. The second-order valence-corrected chi connectivity index (χ2v) is 8.53. The number of alkyl halides is 4. The molecule has 0 bridgehead atoms. The molecular weight excluding hydrogens is 350 g/mol. The number of rotatable bonds is 4. The zero-order chi connectivity index (χ0) is 18.9. The molecule has 3 aliphatic rings. The summed E-state index contributed by atoms with van der Waals surface area (Å²) in [5.74, 6) is -0.665. The van der Waals surface area contributed by atoms with Gasteiger partial charge >= 0.3 is 6.11 Å². The minimum atomic E-state index is -3.70. The van der Waals surface area contributed by atoms with E-state index in [1.165, 1.54) is 0 Å². The first kappa shape index (κ1) is 20.3. The molecule has 0 saturated heterocycles. The molecule has 0 spiro atoms. The average molecular weight is 381 g/mol. The zero-order valence-corrected chi connectivity index (χ0v) is 15.1. The number of aliphatic hydroxyl groups is 1. The Hall–Kier alpha value is -0.400. The fourth-order valence-corrected chi connectivity index (χ4v) is 5.06. The quantitative estimate of drug-likeness (QED) is 0.721. The van der Waals surface area contributed by atoms with Crippen LogP contribution in [0.4, 0.5) is 17.6 Å². The maximum absolute atomic E-state index is 14.4. The topological polar surface area (TPSA) is 55.5 Å². The molecule has 152 valence electrons. The van der Waals surface area contributed by atoms with Gasteiger partial charge in [-0.25, -0.2) is 8.78 Å². The van der Waals surface area contributed by atoms with Gasteiger partial charge in [0.15, 0.2) is 6.17 Å². The molecule has 3 aliphatic carbocycles. The van der Waals surface area contributed by atoms with Crippen molar-refractivity contribution in [3.05, 3.63) is 0 Å². The fraction of sp³-hybridized carbons (Fsp3) is 1.00. The van der Waals surface area contributed by atoms with Crippen LogP contribution in [0.15, 0.2) is 0 Å². The summed E-state index contributed by atoms with van der Waals surface area (Å²) in [4.78, 5) is 0. The second kappa shape index (κ2) is 8.31. The molecule has 0 aliphatic heterocycles. The molecule has 3 fully saturated rings. The van der Waals surface area contributed by atoms with Gasteiger partial charge in [0.25, 0.3) is 0 Å². The van der Waals surface area contributed by atoms with E-state index in [1.807, 2.05) is 0 Å². The molecule has 0 aromatic carbocycles. The van der Waals surface area contributed by atoms with Crippen molar-refractivity contribution in [2.75, 3.05) is 0 Å². The van der Waals surface area contributed by atoms with Crippen LogP contribution in [0.2, 0.25) is 0 Å². The molecule has 0 heterocycles. The maximum atomic E-state index is 14.4. The lowest BCUT2D eigenvalue weighted by molar-refractivity contribution is -0.315. The van der Waals surface area contributed by atoms with E-state index in [2.05, 4.69) is 0 Å². The van der Waals surface area contributed by atoms with E-state index in [1.54, 1.807) is 0 Å². The molecule has 0 aromatic rings. The summed E-state index contributed by atoms with van der Waals surface area (Å²) in [6.45, 7) is 0. The van der Waals surface area contributed by atoms with Crippen LogP contribution in [0.25, 0.3) is 0 Å². The third-order valence-corrected chi connectivity index (χ3v) is 6.79. The van der Waals surface area contributed by atoms with Crippen molar-refractivity contribution >= 4 is 0 Å². The third kappa shape index (κ3) is 4.53. The van der Waals surface area contributed by atoms with Gasteiger partial charge < -0.3 is 15.6 Å². The lowest BCUT2D eigenvalue weighted by Gasteiger charge is -2.40. The maximum Gasteiger partial charge on any atom is 0.361 e. The minimum absolute atomic E-state index is 0.165. The summed E-state index contributed by atoms with van der Waals surface area (Å²) in [7, 11) is 0. The molecule has 3 saturated carbocycles. The number of halogens is 4. The molecule has 7 heteroatoms.